The Hall–Kier alpha value is -3.15. The normalized spacial score (nSPS) is 10.9. The van der Waals surface area contributed by atoms with Crippen molar-refractivity contribution < 1.29 is 19.1 Å². The van der Waals surface area contributed by atoms with E-state index < -0.39 is 0 Å². The first kappa shape index (κ1) is 22.1. The highest BCUT2D eigenvalue weighted by molar-refractivity contribution is 6.09. The minimum Gasteiger partial charge on any atom is -0.484 e. The number of ether oxygens (including phenoxy) is 1. The van der Waals surface area contributed by atoms with Crippen molar-refractivity contribution in [3.05, 3.63) is 65.7 Å². The average molecular weight is 396 g/mol. The number of nitrogens with one attached hydrogen (secondary N) is 1. The first-order chi connectivity index (χ1) is 13.7. The van der Waals surface area contributed by atoms with Gasteiger partial charge in [-0.2, -0.15) is 0 Å². The van der Waals surface area contributed by atoms with Gasteiger partial charge in [-0.25, -0.2) is 0 Å². The summed E-state index contributed by atoms with van der Waals surface area (Å²) in [7, 11) is 0. The van der Waals surface area contributed by atoms with E-state index in [1.165, 1.54) is 4.90 Å². The van der Waals surface area contributed by atoms with Gasteiger partial charge in [0.05, 0.1) is 6.54 Å². The molecule has 154 valence electrons. The number of carbonyl (C=O) groups excluding carboxylic acids is 3. The zero-order valence-electron chi connectivity index (χ0n) is 17.4. The van der Waals surface area contributed by atoms with Gasteiger partial charge in [-0.05, 0) is 52.0 Å². The Bertz CT molecular complexity index is 839. The molecule has 0 heterocycles. The van der Waals surface area contributed by atoms with Crippen LogP contribution in [0.3, 0.4) is 0 Å². The van der Waals surface area contributed by atoms with Crippen LogP contribution in [0, 0.1) is 0 Å². The molecule has 0 aliphatic carbocycles. The molecule has 1 N–H and O–H groups in total. The topological polar surface area (TPSA) is 75.7 Å². The molecule has 0 fully saturated rings. The van der Waals surface area contributed by atoms with Crippen LogP contribution in [0.5, 0.6) is 5.75 Å². The van der Waals surface area contributed by atoms with Crippen LogP contribution in [0.2, 0.25) is 0 Å². The lowest BCUT2D eigenvalue weighted by Crippen LogP contribution is -2.48. The Labute approximate surface area is 171 Å². The summed E-state index contributed by atoms with van der Waals surface area (Å²) in [5, 5.41) is 2.84. The molecule has 0 bridgehead atoms. The first-order valence-corrected chi connectivity index (χ1v) is 9.61. The van der Waals surface area contributed by atoms with Gasteiger partial charge in [-0.15, -0.1) is 0 Å². The largest absolute Gasteiger partial charge is 0.484 e. The molecule has 6 nitrogen and oxygen atoms in total. The highest BCUT2D eigenvalue weighted by Crippen LogP contribution is 2.15. The van der Waals surface area contributed by atoms with Gasteiger partial charge in [-0.1, -0.05) is 30.3 Å². The zero-order valence-corrected chi connectivity index (χ0v) is 17.4. The monoisotopic (exact) mass is 396 g/mol. The van der Waals surface area contributed by atoms with Gasteiger partial charge in [0, 0.05) is 23.2 Å². The molecule has 0 atom stereocenters. The zero-order chi connectivity index (χ0) is 21.4. The maximum Gasteiger partial charge on any atom is 0.260 e. The number of hydrogen-bond acceptors (Lipinski definition) is 4. The maximum atomic E-state index is 12.4. The summed E-state index contributed by atoms with van der Waals surface area (Å²) in [4.78, 5) is 38.3. The van der Waals surface area contributed by atoms with E-state index >= 15 is 0 Å². The number of amides is 2. The Morgan fingerprint density at radius 3 is 2.07 bits per heavy atom. The third-order valence-electron chi connectivity index (χ3n) is 4.10. The highest BCUT2D eigenvalue weighted by atomic mass is 16.5. The molecule has 2 rings (SSSR count). The van der Waals surface area contributed by atoms with Crippen LogP contribution < -0.4 is 10.1 Å². The summed E-state index contributed by atoms with van der Waals surface area (Å²) < 4.78 is 5.54. The van der Waals surface area contributed by atoms with Crippen LogP contribution in [0.1, 0.15) is 43.6 Å². The van der Waals surface area contributed by atoms with Crippen LogP contribution in [0.15, 0.2) is 54.6 Å². The Kier molecular flexibility index (Phi) is 7.53. The van der Waals surface area contributed by atoms with Gasteiger partial charge in [-0.3, -0.25) is 14.4 Å². The molecule has 0 spiro atoms. The molecule has 0 saturated carbocycles. The fourth-order valence-corrected chi connectivity index (χ4v) is 2.70. The summed E-state index contributed by atoms with van der Waals surface area (Å²) >= 11 is 0. The van der Waals surface area contributed by atoms with Gasteiger partial charge >= 0.3 is 0 Å². The van der Waals surface area contributed by atoms with Crippen molar-refractivity contribution in [2.75, 3.05) is 19.7 Å². The molecular weight excluding hydrogens is 368 g/mol. The summed E-state index contributed by atoms with van der Waals surface area (Å²) in [6.07, 6.45) is 0. The third kappa shape index (κ3) is 7.07. The SMILES string of the molecule is CCN(CC(=O)NC(C)(C)C)C(=O)COc1ccc(C(=O)c2ccccc2)cc1. The predicted octanol–water partition coefficient (Wildman–Crippen LogP) is 3.06. The van der Waals surface area contributed by atoms with Gasteiger partial charge in [0.25, 0.3) is 5.91 Å². The number of nitrogens with zero attached hydrogens (tertiary/aromatic N) is 1. The van der Waals surface area contributed by atoms with E-state index in [4.69, 9.17) is 4.74 Å². The van der Waals surface area contributed by atoms with Gasteiger partial charge < -0.3 is 15.0 Å². The van der Waals surface area contributed by atoms with Gasteiger partial charge in [0.1, 0.15) is 5.75 Å². The standard InChI is InChI=1S/C23H28N2O4/c1-5-25(15-20(26)24-23(2,3)4)21(27)16-29-19-13-11-18(12-14-19)22(28)17-9-7-6-8-10-17/h6-14H,5,15-16H2,1-4H3,(H,24,26). The van der Waals surface area contributed by atoms with Crippen LogP contribution in [-0.4, -0.2) is 47.7 Å². The molecule has 0 unspecified atom stereocenters. The first-order valence-electron chi connectivity index (χ1n) is 9.61. The smallest absolute Gasteiger partial charge is 0.260 e. The van der Waals surface area contributed by atoms with Crippen molar-refractivity contribution in [1.29, 1.82) is 0 Å². The average Bonchev–Trinajstić information content (AvgIpc) is 2.69. The van der Waals surface area contributed by atoms with Crippen molar-refractivity contribution in [3.8, 4) is 5.75 Å². The second-order valence-electron chi connectivity index (χ2n) is 7.71. The fraction of sp³-hybridized carbons (Fsp3) is 0.348. The van der Waals surface area contributed by atoms with E-state index in [9.17, 15) is 14.4 Å². The Balaban J connectivity index is 1.90. The number of ketones is 1. The molecule has 0 saturated heterocycles. The second-order valence-corrected chi connectivity index (χ2v) is 7.71. The highest BCUT2D eigenvalue weighted by Gasteiger charge is 2.19. The molecule has 2 amide bonds. The maximum absolute atomic E-state index is 12.4. The molecule has 0 aliphatic rings. The van der Waals surface area contributed by atoms with E-state index in [2.05, 4.69) is 5.32 Å². The lowest BCUT2D eigenvalue weighted by atomic mass is 10.0. The van der Waals surface area contributed by atoms with Crippen molar-refractivity contribution in [2.45, 2.75) is 33.2 Å². The summed E-state index contributed by atoms with van der Waals surface area (Å²) in [6, 6.07) is 15.7. The Morgan fingerprint density at radius 1 is 0.931 bits per heavy atom. The fourth-order valence-electron chi connectivity index (χ4n) is 2.70. The van der Waals surface area contributed by atoms with Gasteiger partial charge in [0.2, 0.25) is 5.91 Å². The lowest BCUT2D eigenvalue weighted by Gasteiger charge is -2.25. The number of benzene rings is 2. The van der Waals surface area contributed by atoms with Crippen molar-refractivity contribution in [1.82, 2.24) is 10.2 Å². The van der Waals surface area contributed by atoms with Crippen molar-refractivity contribution in [2.24, 2.45) is 0 Å². The predicted molar refractivity (Wildman–Crippen MR) is 112 cm³/mol. The molecule has 6 heteroatoms. The Morgan fingerprint density at radius 2 is 1.52 bits per heavy atom. The third-order valence-corrected chi connectivity index (χ3v) is 4.10. The van der Waals surface area contributed by atoms with E-state index in [-0.39, 0.29) is 36.3 Å². The minimum atomic E-state index is -0.352. The van der Waals surface area contributed by atoms with E-state index in [1.54, 1.807) is 36.4 Å². The number of carbonyl (C=O) groups is 3. The van der Waals surface area contributed by atoms with Crippen molar-refractivity contribution >= 4 is 17.6 Å². The van der Waals surface area contributed by atoms with Crippen LogP contribution in [0.4, 0.5) is 0 Å². The summed E-state index contributed by atoms with van der Waals surface area (Å²) in [5.41, 5.74) is 0.807. The summed E-state index contributed by atoms with van der Waals surface area (Å²) in [5.74, 6) is -0.0779. The minimum absolute atomic E-state index is 0.0134. The molecule has 0 aromatic heterocycles. The molecule has 29 heavy (non-hydrogen) atoms. The van der Waals surface area contributed by atoms with Crippen molar-refractivity contribution in [3.63, 3.8) is 0 Å². The number of hydrogen-bond donors (Lipinski definition) is 1. The molecule has 2 aromatic carbocycles. The van der Waals surface area contributed by atoms with E-state index in [0.717, 1.165) is 0 Å². The van der Waals surface area contributed by atoms with E-state index in [0.29, 0.717) is 23.4 Å². The molecule has 0 radical (unpaired) electrons. The van der Waals surface area contributed by atoms with Crippen LogP contribution >= 0.6 is 0 Å². The van der Waals surface area contributed by atoms with Gasteiger partial charge in [0.15, 0.2) is 12.4 Å². The molecule has 2 aromatic rings. The number of likely N-dealkylation sites (N-methyl/N-ethyl adjacent to an activating group) is 1. The molecular formula is C23H28N2O4. The molecule has 0 aliphatic heterocycles. The number of rotatable bonds is 8. The van der Waals surface area contributed by atoms with E-state index in [1.807, 2.05) is 45.9 Å². The van der Waals surface area contributed by atoms with Crippen LogP contribution in [-0.2, 0) is 9.59 Å². The lowest BCUT2D eigenvalue weighted by molar-refractivity contribution is -0.137. The van der Waals surface area contributed by atoms with Crippen LogP contribution in [0.25, 0.3) is 0 Å². The quantitative estimate of drug-likeness (QED) is 0.696. The summed E-state index contributed by atoms with van der Waals surface area (Å²) in [6.45, 7) is 7.69. The second kappa shape index (κ2) is 9.87.